The highest BCUT2D eigenvalue weighted by Gasteiger charge is 2.37. The molecule has 3 rings (SSSR count). The summed E-state index contributed by atoms with van der Waals surface area (Å²) in [5.74, 6) is -0.136. The van der Waals surface area contributed by atoms with Crippen LogP contribution in [0.25, 0.3) is 0 Å². The highest BCUT2D eigenvalue weighted by molar-refractivity contribution is 6.12. The average Bonchev–Trinajstić information content (AvgIpc) is 3.59. The van der Waals surface area contributed by atoms with Gasteiger partial charge in [-0.1, -0.05) is 26.0 Å². The van der Waals surface area contributed by atoms with E-state index in [4.69, 9.17) is 33.2 Å². The molecule has 0 bridgehead atoms. The number of likely N-dealkylation sites (tertiary alicyclic amines) is 1. The number of ether oxygens (including phenoxy) is 7. The van der Waals surface area contributed by atoms with Crippen LogP contribution >= 0.6 is 0 Å². The molecule has 1 fully saturated rings. The molecule has 1 aromatic rings. The van der Waals surface area contributed by atoms with Gasteiger partial charge in [0.15, 0.2) is 0 Å². The summed E-state index contributed by atoms with van der Waals surface area (Å²) in [6, 6.07) is -0.0217. The number of imide groups is 1. The van der Waals surface area contributed by atoms with Crippen molar-refractivity contribution < 1.29 is 47.5 Å². The standard InChI is InChI=1S/C31H52N6O10/c1-31(2,3)26-22-35(23-26)30(40)32-6-8-41-10-12-43-14-16-45-18-20-47-21-19-46-17-15-44-13-11-42-9-7-36-24-27(33-34-36)25-37-28(38)4-5-29(37)39/h4-5,24,26H,6-23,25H2,1-3H3,(H,32,40). The van der Waals surface area contributed by atoms with Gasteiger partial charge in [-0.25, -0.2) is 9.48 Å². The molecule has 0 spiro atoms. The van der Waals surface area contributed by atoms with Gasteiger partial charge in [0.1, 0.15) is 5.69 Å². The van der Waals surface area contributed by atoms with Gasteiger partial charge in [-0.05, 0) is 11.3 Å². The van der Waals surface area contributed by atoms with Crippen molar-refractivity contribution in [2.45, 2.75) is 33.9 Å². The second-order valence-electron chi connectivity index (χ2n) is 12.1. The summed E-state index contributed by atoms with van der Waals surface area (Å²) in [7, 11) is 0. The van der Waals surface area contributed by atoms with Crippen LogP contribution in [0.3, 0.4) is 0 Å². The molecule has 1 aromatic heterocycles. The molecule has 2 aliphatic heterocycles. The van der Waals surface area contributed by atoms with Crippen molar-refractivity contribution in [2.24, 2.45) is 11.3 Å². The summed E-state index contributed by atoms with van der Waals surface area (Å²) in [6.45, 7) is 15.8. The van der Waals surface area contributed by atoms with E-state index in [2.05, 4.69) is 36.4 Å². The Morgan fingerprint density at radius 1 is 0.745 bits per heavy atom. The lowest BCUT2D eigenvalue weighted by atomic mass is 9.76. The molecule has 3 heterocycles. The van der Waals surface area contributed by atoms with Crippen molar-refractivity contribution >= 4 is 17.8 Å². The normalized spacial score (nSPS) is 15.2. The number of carbonyl (C=O) groups is 3. The van der Waals surface area contributed by atoms with Gasteiger partial charge in [0, 0.05) is 31.8 Å². The Balaban J connectivity index is 0.964. The third-order valence-electron chi connectivity index (χ3n) is 7.42. The van der Waals surface area contributed by atoms with E-state index >= 15 is 0 Å². The quantitative estimate of drug-likeness (QED) is 0.108. The molecule has 1 N–H and O–H groups in total. The molecule has 16 nitrogen and oxygen atoms in total. The van der Waals surface area contributed by atoms with E-state index in [1.807, 2.05) is 4.90 Å². The Morgan fingerprint density at radius 3 is 1.66 bits per heavy atom. The van der Waals surface area contributed by atoms with E-state index in [9.17, 15) is 14.4 Å². The number of nitrogens with zero attached hydrogens (tertiary/aromatic N) is 5. The molecule has 1 saturated heterocycles. The third-order valence-corrected chi connectivity index (χ3v) is 7.42. The van der Waals surface area contributed by atoms with E-state index in [-0.39, 0.29) is 29.8 Å². The zero-order valence-electron chi connectivity index (χ0n) is 28.1. The van der Waals surface area contributed by atoms with Crippen LogP contribution in [0.4, 0.5) is 4.79 Å². The van der Waals surface area contributed by atoms with Crippen molar-refractivity contribution in [3.05, 3.63) is 24.0 Å². The molecular formula is C31H52N6O10. The van der Waals surface area contributed by atoms with Crippen molar-refractivity contribution in [3.63, 3.8) is 0 Å². The average molecular weight is 669 g/mol. The van der Waals surface area contributed by atoms with Gasteiger partial charge < -0.3 is 43.4 Å². The predicted octanol–water partition coefficient (Wildman–Crippen LogP) is 0.507. The van der Waals surface area contributed by atoms with Crippen molar-refractivity contribution in [3.8, 4) is 0 Å². The van der Waals surface area contributed by atoms with E-state index in [1.54, 1.807) is 10.9 Å². The number of urea groups is 1. The molecule has 4 amide bonds. The molecule has 0 unspecified atom stereocenters. The molecule has 47 heavy (non-hydrogen) atoms. The third kappa shape index (κ3) is 15.6. The van der Waals surface area contributed by atoms with Crippen LogP contribution in [0, 0.1) is 11.3 Å². The minimum absolute atomic E-state index is 0.0217. The lowest BCUT2D eigenvalue weighted by Gasteiger charge is -2.46. The van der Waals surface area contributed by atoms with E-state index in [0.29, 0.717) is 117 Å². The van der Waals surface area contributed by atoms with Crippen LogP contribution in [0.1, 0.15) is 26.5 Å². The topological polar surface area (TPSA) is 165 Å². The fourth-order valence-corrected chi connectivity index (χ4v) is 4.38. The maximum absolute atomic E-state index is 12.1. The second kappa shape index (κ2) is 21.8. The molecule has 16 heteroatoms. The first-order chi connectivity index (χ1) is 22.7. The first kappa shape index (κ1) is 38.5. The number of nitrogens with one attached hydrogen (secondary N) is 1. The largest absolute Gasteiger partial charge is 0.377 e. The zero-order chi connectivity index (χ0) is 33.7. The fourth-order valence-electron chi connectivity index (χ4n) is 4.38. The minimum Gasteiger partial charge on any atom is -0.377 e. The fraction of sp³-hybridized carbons (Fsp3) is 0.774. The predicted molar refractivity (Wildman–Crippen MR) is 168 cm³/mol. The van der Waals surface area contributed by atoms with Gasteiger partial charge in [0.05, 0.1) is 112 Å². The van der Waals surface area contributed by atoms with Gasteiger partial charge in [-0.15, -0.1) is 5.10 Å². The maximum Gasteiger partial charge on any atom is 0.317 e. The van der Waals surface area contributed by atoms with E-state index < -0.39 is 0 Å². The molecule has 0 saturated carbocycles. The molecule has 0 aromatic carbocycles. The van der Waals surface area contributed by atoms with Gasteiger partial charge in [-0.3, -0.25) is 14.5 Å². The Hall–Kier alpha value is -2.99. The Morgan fingerprint density at radius 2 is 1.19 bits per heavy atom. The first-order valence-electron chi connectivity index (χ1n) is 16.2. The summed E-state index contributed by atoms with van der Waals surface area (Å²) in [5.41, 5.74) is 0.774. The molecule has 0 atom stereocenters. The van der Waals surface area contributed by atoms with E-state index in [1.165, 1.54) is 12.2 Å². The zero-order valence-corrected chi connectivity index (χ0v) is 28.1. The van der Waals surface area contributed by atoms with Crippen LogP contribution in [0.5, 0.6) is 0 Å². The maximum atomic E-state index is 12.1. The number of rotatable bonds is 26. The molecule has 0 aliphatic carbocycles. The summed E-state index contributed by atoms with van der Waals surface area (Å²) in [5, 5.41) is 10.9. The van der Waals surface area contributed by atoms with Gasteiger partial charge in [0.2, 0.25) is 0 Å². The van der Waals surface area contributed by atoms with Crippen molar-refractivity contribution in [2.75, 3.05) is 112 Å². The SMILES string of the molecule is CC(C)(C)C1CN(C(=O)NCCOCCOCCOCCOCCOCCOCCOCCn2cc(CN3C(=O)C=CC3=O)nn2)C1. The summed E-state index contributed by atoms with van der Waals surface area (Å²) in [4.78, 5) is 38.3. The molecular weight excluding hydrogens is 616 g/mol. The van der Waals surface area contributed by atoms with Crippen LogP contribution in [0.15, 0.2) is 18.3 Å². The summed E-state index contributed by atoms with van der Waals surface area (Å²) >= 11 is 0. The summed E-state index contributed by atoms with van der Waals surface area (Å²) < 4.78 is 40.0. The number of amides is 4. The minimum atomic E-state index is -0.349. The van der Waals surface area contributed by atoms with Gasteiger partial charge in [0.25, 0.3) is 11.8 Å². The van der Waals surface area contributed by atoms with Crippen molar-refractivity contribution in [1.29, 1.82) is 0 Å². The van der Waals surface area contributed by atoms with Crippen LogP contribution < -0.4 is 5.32 Å². The monoisotopic (exact) mass is 668 g/mol. The lowest BCUT2D eigenvalue weighted by Crippen LogP contribution is -2.57. The molecule has 0 radical (unpaired) electrons. The second-order valence-corrected chi connectivity index (χ2v) is 12.1. The van der Waals surface area contributed by atoms with Gasteiger partial charge in [-0.2, -0.15) is 0 Å². The molecule has 266 valence electrons. The van der Waals surface area contributed by atoms with E-state index in [0.717, 1.165) is 18.0 Å². The van der Waals surface area contributed by atoms with Crippen LogP contribution in [0.2, 0.25) is 0 Å². The Kier molecular flexibility index (Phi) is 17.8. The summed E-state index contributed by atoms with van der Waals surface area (Å²) in [6.07, 6.45) is 4.17. The number of hydrogen-bond donors (Lipinski definition) is 1. The molecule has 2 aliphatic rings. The smallest absolute Gasteiger partial charge is 0.317 e. The first-order valence-corrected chi connectivity index (χ1v) is 16.2. The van der Waals surface area contributed by atoms with Crippen LogP contribution in [-0.2, 0) is 55.8 Å². The van der Waals surface area contributed by atoms with Crippen LogP contribution in [-0.4, -0.2) is 155 Å². The highest BCUT2D eigenvalue weighted by atomic mass is 16.6. The number of hydrogen-bond acceptors (Lipinski definition) is 12. The lowest BCUT2D eigenvalue weighted by molar-refractivity contribution is -0.137. The number of aromatic nitrogens is 3. The van der Waals surface area contributed by atoms with Gasteiger partial charge >= 0.3 is 6.03 Å². The Labute approximate surface area is 276 Å². The van der Waals surface area contributed by atoms with Crippen molar-refractivity contribution in [1.82, 2.24) is 30.1 Å². The Bertz CT molecular complexity index is 1070. The highest BCUT2D eigenvalue weighted by Crippen LogP contribution is 2.33. The number of carbonyl (C=O) groups excluding carboxylic acids is 3.